The molecule has 16 nitrogen and oxygen atoms in total. The molecule has 0 atom stereocenters. The van der Waals surface area contributed by atoms with Gasteiger partial charge in [-0.15, -0.1) is 0 Å². The minimum atomic E-state index is -0.571. The van der Waals surface area contributed by atoms with Gasteiger partial charge in [-0.3, -0.25) is 28.8 Å². The summed E-state index contributed by atoms with van der Waals surface area (Å²) in [4.78, 5) is 64.0. The number of phenolic OH excluding ortho intramolecular Hbond substituents is 1. The Bertz CT molecular complexity index is 2630. The van der Waals surface area contributed by atoms with E-state index in [1.807, 2.05) is 6.92 Å². The number of aliphatic hydroxyl groups excluding tert-OH is 1. The predicted molar refractivity (Wildman–Crippen MR) is 236 cm³/mol. The lowest BCUT2D eigenvalue weighted by atomic mass is 9.92. The molecule has 7 rings (SSSR count). The number of aromatic hydroxyl groups is 1. The molecule has 1 aliphatic rings. The van der Waals surface area contributed by atoms with Crippen molar-refractivity contribution in [3.8, 4) is 39.3 Å². The Morgan fingerprint density at radius 1 is 0.903 bits per heavy atom. The Morgan fingerprint density at radius 2 is 1.65 bits per heavy atom. The highest BCUT2D eigenvalue weighted by Crippen LogP contribution is 2.42. The average Bonchev–Trinajstić information content (AvgIpc) is 3.91. The second-order valence-electron chi connectivity index (χ2n) is 14.8. The quantitative estimate of drug-likeness (QED) is 0.0642. The van der Waals surface area contributed by atoms with Crippen molar-refractivity contribution in [2.75, 3.05) is 38.5 Å². The fraction of sp³-hybridized carbons (Fsp3) is 0.295. The first-order valence-electron chi connectivity index (χ1n) is 20.2. The monoisotopic (exact) mass is 880 g/mol. The van der Waals surface area contributed by atoms with Gasteiger partial charge < -0.3 is 41.8 Å². The van der Waals surface area contributed by atoms with Crippen LogP contribution in [0.1, 0.15) is 53.5 Å². The van der Waals surface area contributed by atoms with Gasteiger partial charge in [-0.1, -0.05) is 48.3 Å². The average molecular weight is 882 g/mol. The number of aromatic amines is 1. The molecule has 4 aromatic heterocycles. The Balaban J connectivity index is 0.824. The molecule has 322 valence electrons. The first-order valence-corrected chi connectivity index (χ1v) is 21.0. The number of nitrogen functional groups attached to an aromatic ring is 1. The molecule has 1 aliphatic heterocycles. The summed E-state index contributed by atoms with van der Waals surface area (Å²) in [7, 11) is 0. The highest BCUT2D eigenvalue weighted by molar-refractivity contribution is 6.45. The van der Waals surface area contributed by atoms with E-state index >= 15 is 0 Å². The number of hydrogen-bond acceptors (Lipinski definition) is 10. The number of halogens is 2. The smallest absolute Gasteiger partial charge is 0.269 e. The van der Waals surface area contributed by atoms with Crippen molar-refractivity contribution in [2.45, 2.75) is 52.1 Å². The molecule has 4 amide bonds. The number of carbonyl (C=O) groups is 4. The topological polar surface area (TPSA) is 233 Å². The van der Waals surface area contributed by atoms with Gasteiger partial charge in [0, 0.05) is 103 Å². The van der Waals surface area contributed by atoms with Gasteiger partial charge in [0.25, 0.3) is 5.91 Å². The SMILES string of the molecule is CCc1c(-c2ccc(C(=O)NCCC(=O)NCCCCNC(=O)Cn3ccc(-c4cc(Cl)c(Cl)c5[nH]c6c(c45)CN(C(=O)CO)CC6)n3)nc2)cnc(N)c1-c1ccc(O)cc1. The van der Waals surface area contributed by atoms with Crippen LogP contribution in [0.2, 0.25) is 10.0 Å². The number of unbranched alkanes of at least 4 members (excludes halogenated alkanes) is 1. The molecule has 0 radical (unpaired) electrons. The lowest BCUT2D eigenvalue weighted by Crippen LogP contribution is -2.37. The molecule has 0 bridgehead atoms. The van der Waals surface area contributed by atoms with Crippen molar-refractivity contribution in [1.82, 2.24) is 45.6 Å². The van der Waals surface area contributed by atoms with Crippen molar-refractivity contribution < 1.29 is 29.4 Å². The number of nitrogens with one attached hydrogen (secondary N) is 4. The number of nitrogens with zero attached hydrogens (tertiary/aromatic N) is 5. The molecule has 6 aromatic rings. The summed E-state index contributed by atoms with van der Waals surface area (Å²) in [6.45, 7) is 3.15. The van der Waals surface area contributed by atoms with Gasteiger partial charge in [0.05, 0.1) is 21.3 Å². The maximum absolute atomic E-state index is 12.8. The number of fused-ring (bicyclic) bond motifs is 3. The fourth-order valence-corrected chi connectivity index (χ4v) is 8.04. The molecule has 0 aliphatic carbocycles. The van der Waals surface area contributed by atoms with Gasteiger partial charge in [-0.05, 0) is 60.7 Å². The molecule has 0 spiro atoms. The van der Waals surface area contributed by atoms with E-state index in [9.17, 15) is 29.4 Å². The third-order valence-electron chi connectivity index (χ3n) is 10.8. The van der Waals surface area contributed by atoms with E-state index in [0.29, 0.717) is 84.5 Å². The number of aliphatic hydroxyl groups is 1. The zero-order chi connectivity index (χ0) is 43.9. The lowest BCUT2D eigenvalue weighted by Gasteiger charge is -2.26. The van der Waals surface area contributed by atoms with Crippen LogP contribution in [0.4, 0.5) is 5.82 Å². The summed E-state index contributed by atoms with van der Waals surface area (Å²) in [6, 6.07) is 13.7. The van der Waals surface area contributed by atoms with E-state index in [2.05, 4.69) is 36.0 Å². The molecule has 18 heteroatoms. The highest BCUT2D eigenvalue weighted by Gasteiger charge is 2.27. The van der Waals surface area contributed by atoms with Crippen molar-refractivity contribution in [3.05, 3.63) is 99.7 Å². The molecule has 0 unspecified atom stereocenters. The molecule has 2 aromatic carbocycles. The highest BCUT2D eigenvalue weighted by atomic mass is 35.5. The summed E-state index contributed by atoms with van der Waals surface area (Å²) in [6.07, 6.45) is 7.59. The van der Waals surface area contributed by atoms with Crippen molar-refractivity contribution in [3.63, 3.8) is 0 Å². The number of aromatic nitrogens is 5. The second kappa shape index (κ2) is 19.5. The number of benzene rings is 2. The van der Waals surface area contributed by atoms with Crippen molar-refractivity contribution >= 4 is 63.6 Å². The van der Waals surface area contributed by atoms with Gasteiger partial charge in [0.1, 0.15) is 30.4 Å². The third kappa shape index (κ3) is 9.67. The van der Waals surface area contributed by atoms with Crippen molar-refractivity contribution in [1.29, 1.82) is 0 Å². The number of H-pyrrole nitrogens is 1. The van der Waals surface area contributed by atoms with Gasteiger partial charge in [0.15, 0.2) is 0 Å². The molecular weight excluding hydrogens is 835 g/mol. The zero-order valence-corrected chi connectivity index (χ0v) is 35.4. The number of anilines is 1. The van der Waals surface area contributed by atoms with Crippen LogP contribution in [-0.2, 0) is 40.3 Å². The summed E-state index contributed by atoms with van der Waals surface area (Å²) in [5.41, 5.74) is 14.4. The van der Waals surface area contributed by atoms with Crippen LogP contribution in [0.5, 0.6) is 5.75 Å². The molecule has 5 heterocycles. The number of pyridine rings is 2. The first kappa shape index (κ1) is 43.6. The fourth-order valence-electron chi connectivity index (χ4n) is 7.64. The van der Waals surface area contributed by atoms with Crippen LogP contribution < -0.4 is 21.7 Å². The van der Waals surface area contributed by atoms with Crippen molar-refractivity contribution in [2.24, 2.45) is 0 Å². The standard InChI is InChI=1S/C44H46Cl2N10O6/c1-2-28-30(21-52-43(47)39(28)25-5-8-27(58)9-6-25)26-7-10-35(51-20-26)44(62)50-16-11-36(59)48-14-3-4-15-49-37(60)23-56-18-13-34(54-56)29-19-32(45)41(46)42-40(29)31-22-55(38(61)24-57)17-12-33(31)53-42/h5-10,13,18-21,53,57-58H,2-4,11-12,14-17,22-24H2,1H3,(H2,47,52)(H,48,59)(H,49,60)(H,50,62). The molecule has 8 N–H and O–H groups in total. The van der Waals surface area contributed by atoms with Gasteiger partial charge >= 0.3 is 0 Å². The zero-order valence-electron chi connectivity index (χ0n) is 33.9. The van der Waals surface area contributed by atoms with E-state index in [-0.39, 0.29) is 48.7 Å². The van der Waals surface area contributed by atoms with Crippen LogP contribution >= 0.6 is 23.2 Å². The predicted octanol–water partition coefficient (Wildman–Crippen LogP) is 5.02. The first-order chi connectivity index (χ1) is 29.9. The largest absolute Gasteiger partial charge is 0.508 e. The summed E-state index contributed by atoms with van der Waals surface area (Å²) in [5.74, 6) is -0.671. The number of nitrogens with two attached hydrogens (primary N) is 1. The van der Waals surface area contributed by atoms with Crippen LogP contribution in [0.15, 0.2) is 67.1 Å². The summed E-state index contributed by atoms with van der Waals surface area (Å²) in [5, 5.41) is 33.7. The number of rotatable bonds is 16. The van der Waals surface area contributed by atoms with Gasteiger partial charge in [-0.2, -0.15) is 5.10 Å². The summed E-state index contributed by atoms with van der Waals surface area (Å²) >= 11 is 13.1. The number of amides is 4. The van der Waals surface area contributed by atoms with Crippen LogP contribution in [0.25, 0.3) is 44.4 Å². The number of carbonyl (C=O) groups excluding carboxylic acids is 4. The Kier molecular flexibility index (Phi) is 13.7. The maximum atomic E-state index is 12.8. The lowest BCUT2D eigenvalue weighted by molar-refractivity contribution is -0.135. The minimum absolute atomic E-state index is 0.0145. The minimum Gasteiger partial charge on any atom is -0.508 e. The number of hydrogen-bond donors (Lipinski definition) is 7. The molecule has 0 saturated carbocycles. The Hall–Kier alpha value is -6.49. The van der Waals surface area contributed by atoms with Crippen LogP contribution in [-0.4, -0.2) is 96.3 Å². The molecule has 0 saturated heterocycles. The van der Waals surface area contributed by atoms with E-state index in [1.165, 1.54) is 4.68 Å². The van der Waals surface area contributed by atoms with E-state index in [0.717, 1.165) is 44.5 Å². The normalized spacial score (nSPS) is 12.3. The number of phenols is 1. The van der Waals surface area contributed by atoms with E-state index in [1.54, 1.807) is 72.0 Å². The molecule has 0 fully saturated rings. The van der Waals surface area contributed by atoms with Crippen LogP contribution in [0.3, 0.4) is 0 Å². The van der Waals surface area contributed by atoms with Gasteiger partial charge in [0.2, 0.25) is 17.7 Å². The maximum Gasteiger partial charge on any atom is 0.269 e. The van der Waals surface area contributed by atoms with Crippen LogP contribution in [0, 0.1) is 0 Å². The second-order valence-corrected chi connectivity index (χ2v) is 15.6. The molecular formula is C44H46Cl2N10O6. The van der Waals surface area contributed by atoms with E-state index in [4.69, 9.17) is 28.9 Å². The third-order valence-corrected chi connectivity index (χ3v) is 11.6. The molecule has 62 heavy (non-hydrogen) atoms. The summed E-state index contributed by atoms with van der Waals surface area (Å²) < 4.78 is 1.53. The Morgan fingerprint density at radius 3 is 2.35 bits per heavy atom. The van der Waals surface area contributed by atoms with E-state index < -0.39 is 12.5 Å². The van der Waals surface area contributed by atoms with Gasteiger partial charge in [-0.25, -0.2) is 4.98 Å². The Labute approximate surface area is 366 Å².